The Bertz CT molecular complexity index is 691. The average molecular weight is 654 g/mol. The maximum atomic E-state index is 11.1. The number of piperidine rings is 1. The lowest BCUT2D eigenvalue weighted by atomic mass is 9.76. The van der Waals surface area contributed by atoms with Crippen LogP contribution in [0.4, 0.5) is 9.59 Å². The molecular weight excluding hydrogens is 612 g/mol. The third-order valence-corrected chi connectivity index (χ3v) is 6.25. The summed E-state index contributed by atoms with van der Waals surface area (Å²) in [5.74, 6) is 1.79. The fourth-order valence-corrected chi connectivity index (χ4v) is 4.51. The monoisotopic (exact) mass is 651 g/mol. The van der Waals surface area contributed by atoms with Crippen molar-refractivity contribution in [1.29, 1.82) is 0 Å². The number of hydrogen-bond donors (Lipinski definition) is 0. The van der Waals surface area contributed by atoms with Crippen molar-refractivity contribution in [1.82, 2.24) is 4.90 Å². The molecule has 0 bridgehead atoms. The van der Waals surface area contributed by atoms with Gasteiger partial charge >= 0.3 is 11.5 Å². The van der Waals surface area contributed by atoms with Crippen molar-refractivity contribution in [3.8, 4) is 0 Å². The lowest BCUT2D eigenvalue weighted by Crippen LogP contribution is -2.41. The highest BCUT2D eigenvalue weighted by atomic mass is 35.5. The van der Waals surface area contributed by atoms with Crippen LogP contribution in [0.1, 0.15) is 52.9 Å². The molecule has 1 amide bonds. The molecule has 8 nitrogen and oxygen atoms in total. The molecule has 1 heterocycles. The van der Waals surface area contributed by atoms with Gasteiger partial charge in [0.2, 0.25) is 0 Å². The molecule has 1 aliphatic carbocycles. The molecule has 0 aromatic heterocycles. The van der Waals surface area contributed by atoms with E-state index in [-0.39, 0.29) is 29.0 Å². The van der Waals surface area contributed by atoms with E-state index in [1.54, 1.807) is 0 Å². The predicted octanol–water partition coefficient (Wildman–Crippen LogP) is 7.66. The summed E-state index contributed by atoms with van der Waals surface area (Å²) in [5.41, 5.74) is -0.661. The van der Waals surface area contributed by atoms with Gasteiger partial charge in [0.15, 0.2) is 0 Å². The molecule has 0 radical (unpaired) electrons. The van der Waals surface area contributed by atoms with Crippen LogP contribution in [0.3, 0.4) is 0 Å². The molecule has 1 aliphatic heterocycles. The van der Waals surface area contributed by atoms with Crippen LogP contribution in [0.25, 0.3) is 0 Å². The number of ether oxygens (including phenoxy) is 2. The topological polar surface area (TPSA) is 99.2 Å². The van der Waals surface area contributed by atoms with Crippen LogP contribution >= 0.6 is 58.0 Å². The summed E-state index contributed by atoms with van der Waals surface area (Å²) >= 11 is 24.3. The second-order valence-electron chi connectivity index (χ2n) is 8.35. The fourth-order valence-electron chi connectivity index (χ4n) is 3.71. The minimum atomic E-state index is -3.40. The van der Waals surface area contributed by atoms with Crippen molar-refractivity contribution in [2.24, 2.45) is 17.8 Å². The number of likely N-dealkylation sites (tertiary alicyclic amines) is 1. The Balaban J connectivity index is -0.000000488. The minimum Gasteiger partial charge on any atom is -0.453 e. The maximum Gasteiger partial charge on any atom is 0.409 e. The smallest absolute Gasteiger partial charge is 0.409 e. The molecule has 1 saturated heterocycles. The largest absolute Gasteiger partial charge is 0.453 e. The number of methoxy groups -OCH3 is 1. The molecule has 3 atom stereocenters. The van der Waals surface area contributed by atoms with Gasteiger partial charge in [-0.25, -0.2) is 9.59 Å². The first-order valence-corrected chi connectivity index (χ1v) is 15.9. The number of amides is 1. The Kier molecular flexibility index (Phi) is 27.8. The average Bonchev–Trinajstić information content (AvgIpc) is 2.82. The molecule has 1 unspecified atom stereocenters. The van der Waals surface area contributed by atoms with Crippen LogP contribution in [0.5, 0.6) is 0 Å². The minimum absolute atomic E-state index is 0.0288. The Labute approximate surface area is 248 Å². The number of carbonyl (C=O) groups is 2. The Hall–Kier alpha value is -0.160. The highest BCUT2D eigenvalue weighted by Gasteiger charge is 2.31. The van der Waals surface area contributed by atoms with Crippen molar-refractivity contribution < 1.29 is 31.7 Å². The Morgan fingerprint density at radius 1 is 1.00 bits per heavy atom. The number of hydrogen-bond acceptors (Lipinski definition) is 7. The van der Waals surface area contributed by atoms with E-state index in [1.165, 1.54) is 18.4 Å². The van der Waals surface area contributed by atoms with E-state index in [2.05, 4.69) is 38.7 Å². The molecular formula is C23H42Cl5NO7S. The zero-order chi connectivity index (χ0) is 29.6. The number of carbonyl (C=O) groups excluding carboxylic acids is 2. The quantitative estimate of drug-likeness (QED) is 0.133. The first-order chi connectivity index (χ1) is 17.3. The fraction of sp³-hybridized carbons (Fsp3) is 0.826. The van der Waals surface area contributed by atoms with Crippen molar-refractivity contribution in [3.63, 3.8) is 0 Å². The molecule has 2 aliphatic rings. The third kappa shape index (κ3) is 23.4. The summed E-state index contributed by atoms with van der Waals surface area (Å²) < 4.78 is 36.2. The van der Waals surface area contributed by atoms with Gasteiger partial charge in [-0.2, -0.15) is 8.42 Å². The van der Waals surface area contributed by atoms with Gasteiger partial charge in [-0.1, -0.05) is 20.8 Å². The zero-order valence-corrected chi connectivity index (χ0v) is 26.9. The number of alkyl halides is 4. The molecule has 1 saturated carbocycles. The lowest BCUT2D eigenvalue weighted by Gasteiger charge is -2.35. The highest BCUT2D eigenvalue weighted by Crippen LogP contribution is 2.35. The van der Waals surface area contributed by atoms with Crippen LogP contribution in [0.15, 0.2) is 13.2 Å². The normalized spacial score (nSPS) is 21.3. The molecule has 0 aromatic carbocycles. The number of halogens is 5. The summed E-state index contributed by atoms with van der Waals surface area (Å²) in [6, 6.07) is 0. The first-order valence-electron chi connectivity index (χ1n) is 11.6. The summed E-state index contributed by atoms with van der Waals surface area (Å²) in [7, 11) is -2.08. The Morgan fingerprint density at radius 2 is 1.46 bits per heavy atom. The van der Waals surface area contributed by atoms with Crippen LogP contribution in [0.2, 0.25) is 0 Å². The van der Waals surface area contributed by atoms with E-state index in [4.69, 9.17) is 66.9 Å². The van der Waals surface area contributed by atoms with Gasteiger partial charge in [0, 0.05) is 24.7 Å². The molecule has 0 spiro atoms. The summed E-state index contributed by atoms with van der Waals surface area (Å²) in [6.45, 7) is 13.5. The van der Waals surface area contributed by atoms with E-state index in [1.807, 2.05) is 0 Å². The van der Waals surface area contributed by atoms with Crippen molar-refractivity contribution >= 4 is 79.6 Å². The second kappa shape index (κ2) is 24.9. The van der Waals surface area contributed by atoms with E-state index in [0.29, 0.717) is 43.7 Å². The lowest BCUT2D eigenvalue weighted by molar-refractivity contribution is 0.0302. The summed E-state index contributed by atoms with van der Waals surface area (Å²) in [6.07, 6.45) is 4.74. The Morgan fingerprint density at radius 3 is 1.81 bits per heavy atom. The molecule has 0 aromatic rings. The summed E-state index contributed by atoms with van der Waals surface area (Å²) in [5, 5.41) is 0.389. The molecule has 222 valence electrons. The second-order valence-corrected chi connectivity index (χ2v) is 11.9. The first kappa shape index (κ1) is 41.3. The van der Waals surface area contributed by atoms with Gasteiger partial charge in [-0.15, -0.1) is 59.6 Å². The van der Waals surface area contributed by atoms with Gasteiger partial charge in [0.1, 0.15) is 6.10 Å². The van der Waals surface area contributed by atoms with E-state index in [9.17, 15) is 18.0 Å². The van der Waals surface area contributed by atoms with Crippen LogP contribution in [-0.2, 0) is 23.8 Å². The van der Waals surface area contributed by atoms with Crippen LogP contribution in [0, 0.1) is 17.8 Å². The maximum absolute atomic E-state index is 11.1. The van der Waals surface area contributed by atoms with Crippen molar-refractivity contribution in [2.75, 3.05) is 37.1 Å². The standard InChI is InChI=1S/C11H19ClO2.C8H15NO5S.C2H4.2CH2Cl2/c1-7(2)9-5-4-8(3)10(6-9)14-11(12)13;1-13-8(10)9-5-3-7(4-6-9)14-15(2,11)12;1-2;2*2-1-3/h7-10H,4-6H2,1-3H3;7H,3-6H2,1-2H3;1-2H2;2*1H2/t8-,9?,10+;;;;/m1..../s1. The van der Waals surface area contributed by atoms with Gasteiger partial charge in [-0.05, 0) is 49.9 Å². The zero-order valence-electron chi connectivity index (χ0n) is 22.3. The van der Waals surface area contributed by atoms with Crippen LogP contribution in [-0.4, -0.2) is 74.2 Å². The van der Waals surface area contributed by atoms with Gasteiger partial charge in [0.25, 0.3) is 10.1 Å². The molecule has 2 rings (SSSR count). The molecule has 0 N–H and O–H groups in total. The molecule has 37 heavy (non-hydrogen) atoms. The number of nitrogens with zero attached hydrogens (tertiary/aromatic N) is 1. The van der Waals surface area contributed by atoms with Crippen molar-refractivity contribution in [3.05, 3.63) is 13.2 Å². The number of rotatable bonds is 4. The predicted molar refractivity (Wildman–Crippen MR) is 155 cm³/mol. The van der Waals surface area contributed by atoms with Gasteiger partial charge < -0.3 is 14.4 Å². The molecule has 2 fully saturated rings. The summed E-state index contributed by atoms with van der Waals surface area (Å²) in [4.78, 5) is 23.3. The van der Waals surface area contributed by atoms with Gasteiger partial charge in [0.05, 0.1) is 30.1 Å². The highest BCUT2D eigenvalue weighted by molar-refractivity contribution is 7.86. The van der Waals surface area contributed by atoms with Crippen LogP contribution < -0.4 is 0 Å². The third-order valence-electron chi connectivity index (χ3n) is 5.54. The van der Waals surface area contributed by atoms with Gasteiger partial charge in [-0.3, -0.25) is 4.18 Å². The van der Waals surface area contributed by atoms with E-state index in [0.717, 1.165) is 19.1 Å². The SMILES string of the molecule is C=C.CC(C)C1CC[C@@H](C)[C@@H](OC(=O)Cl)C1.COC(=O)N1CCC(OS(C)(=O)=O)CC1.ClCCl.ClCCl. The van der Waals surface area contributed by atoms with E-state index < -0.39 is 15.5 Å². The van der Waals surface area contributed by atoms with E-state index >= 15 is 0 Å². The van der Waals surface area contributed by atoms with Crippen molar-refractivity contribution in [2.45, 2.75) is 65.1 Å². The molecule has 14 heteroatoms.